The average Bonchev–Trinajstić information content (AvgIpc) is 3.05. The first-order valence-corrected chi connectivity index (χ1v) is 8.74. The maximum absolute atomic E-state index is 14.3. The van der Waals surface area contributed by atoms with Crippen molar-refractivity contribution < 1.29 is 19.0 Å². The summed E-state index contributed by atoms with van der Waals surface area (Å²) in [5, 5.41) is 13.8. The molecule has 1 N–H and O–H groups in total. The van der Waals surface area contributed by atoms with Crippen molar-refractivity contribution in [2.75, 3.05) is 31.2 Å². The molecule has 0 aliphatic carbocycles. The van der Waals surface area contributed by atoms with Crippen LogP contribution in [0.2, 0.25) is 0 Å². The monoisotopic (exact) mass is 420 g/mol. The first-order chi connectivity index (χ1) is 12.5. The molecule has 0 saturated carbocycles. The van der Waals surface area contributed by atoms with E-state index in [9.17, 15) is 14.3 Å². The number of aromatic carboxylic acids is 1. The Morgan fingerprint density at radius 1 is 1.23 bits per heavy atom. The zero-order chi connectivity index (χ0) is 18.3. The number of aromatic nitrogens is 3. The van der Waals surface area contributed by atoms with E-state index in [1.54, 1.807) is 22.7 Å². The van der Waals surface area contributed by atoms with Gasteiger partial charge in [0.05, 0.1) is 18.9 Å². The predicted octanol–water partition coefficient (Wildman–Crippen LogP) is 2.83. The summed E-state index contributed by atoms with van der Waals surface area (Å²) in [7, 11) is 0. The lowest BCUT2D eigenvalue weighted by Crippen LogP contribution is -2.37. The van der Waals surface area contributed by atoms with Crippen LogP contribution >= 0.6 is 15.9 Å². The molecule has 0 unspecified atom stereocenters. The van der Waals surface area contributed by atoms with Crippen molar-refractivity contribution in [3.63, 3.8) is 0 Å². The fraction of sp³-hybridized carbons (Fsp3) is 0.235. The lowest BCUT2D eigenvalue weighted by Gasteiger charge is -2.28. The van der Waals surface area contributed by atoms with Crippen molar-refractivity contribution in [3.8, 4) is 11.3 Å². The molecule has 3 heterocycles. The van der Waals surface area contributed by atoms with Crippen LogP contribution in [0, 0.1) is 5.82 Å². The van der Waals surface area contributed by atoms with Crippen LogP contribution in [0.4, 0.5) is 10.2 Å². The van der Waals surface area contributed by atoms with Gasteiger partial charge in [-0.2, -0.15) is 9.61 Å². The highest BCUT2D eigenvalue weighted by atomic mass is 79.9. The molecule has 2 aromatic heterocycles. The number of rotatable bonds is 3. The van der Waals surface area contributed by atoms with Gasteiger partial charge in [0.25, 0.3) is 0 Å². The molecule has 0 radical (unpaired) electrons. The van der Waals surface area contributed by atoms with Crippen molar-refractivity contribution in [2.24, 2.45) is 0 Å². The van der Waals surface area contributed by atoms with E-state index in [0.29, 0.717) is 53.5 Å². The van der Waals surface area contributed by atoms with Gasteiger partial charge in [0, 0.05) is 35.3 Å². The van der Waals surface area contributed by atoms with E-state index in [1.807, 2.05) is 4.90 Å². The molecule has 0 atom stereocenters. The molecule has 1 aliphatic heterocycles. The molecule has 0 spiro atoms. The molecule has 3 aromatic rings. The van der Waals surface area contributed by atoms with Crippen molar-refractivity contribution in [1.82, 2.24) is 14.6 Å². The number of nitrogens with zero attached hydrogens (tertiary/aromatic N) is 4. The van der Waals surface area contributed by atoms with Crippen LogP contribution in [0.3, 0.4) is 0 Å². The summed E-state index contributed by atoms with van der Waals surface area (Å²) in [5.74, 6) is -0.951. The minimum atomic E-state index is -1.13. The van der Waals surface area contributed by atoms with E-state index in [1.165, 1.54) is 12.1 Å². The van der Waals surface area contributed by atoms with Gasteiger partial charge in [-0.15, -0.1) is 0 Å². The van der Waals surface area contributed by atoms with Crippen LogP contribution in [-0.4, -0.2) is 52.0 Å². The molecule has 1 saturated heterocycles. The number of fused-ring (bicyclic) bond motifs is 1. The number of morpholine rings is 1. The Bertz CT molecular complexity index is 1000. The number of hydrogen-bond acceptors (Lipinski definition) is 5. The third-order valence-electron chi connectivity index (χ3n) is 4.17. The average molecular weight is 421 g/mol. The highest BCUT2D eigenvalue weighted by Crippen LogP contribution is 2.27. The van der Waals surface area contributed by atoms with Crippen molar-refractivity contribution in [2.45, 2.75) is 0 Å². The molecule has 26 heavy (non-hydrogen) atoms. The molecular formula is C17H14BrFN4O3. The second-order valence-corrected chi connectivity index (χ2v) is 6.74. The number of carboxylic acids is 1. The molecule has 1 aromatic carbocycles. The van der Waals surface area contributed by atoms with E-state index in [0.717, 1.165) is 0 Å². The fourth-order valence-corrected chi connectivity index (χ4v) is 3.25. The van der Waals surface area contributed by atoms with Gasteiger partial charge in [0.1, 0.15) is 11.6 Å². The SMILES string of the molecule is O=C(O)c1cc(N2CCOCC2)n2nc(-c3ccc(Br)cc3F)cc2n1. The zero-order valence-electron chi connectivity index (χ0n) is 13.5. The lowest BCUT2D eigenvalue weighted by molar-refractivity contribution is 0.0690. The Labute approximate surface area is 156 Å². The first kappa shape index (κ1) is 16.9. The molecule has 1 fully saturated rings. The number of carbonyl (C=O) groups is 1. The van der Waals surface area contributed by atoms with Crippen LogP contribution in [-0.2, 0) is 4.74 Å². The van der Waals surface area contributed by atoms with Gasteiger partial charge in [0.15, 0.2) is 11.3 Å². The van der Waals surface area contributed by atoms with E-state index in [2.05, 4.69) is 26.0 Å². The second kappa shape index (κ2) is 6.65. The summed E-state index contributed by atoms with van der Waals surface area (Å²) in [4.78, 5) is 17.6. The first-order valence-electron chi connectivity index (χ1n) is 7.95. The smallest absolute Gasteiger partial charge is 0.354 e. The summed E-state index contributed by atoms with van der Waals surface area (Å²) in [6, 6.07) is 7.77. The molecule has 0 amide bonds. The largest absolute Gasteiger partial charge is 0.477 e. The standard InChI is InChI=1S/C17H14BrFN4O3/c18-10-1-2-11(12(19)7-10)13-8-15-20-14(17(24)25)9-16(23(15)21-13)22-3-5-26-6-4-22/h1-2,7-9H,3-6H2,(H,24,25). The van der Waals surface area contributed by atoms with E-state index >= 15 is 0 Å². The Morgan fingerprint density at radius 3 is 2.69 bits per heavy atom. The second-order valence-electron chi connectivity index (χ2n) is 5.83. The number of anilines is 1. The summed E-state index contributed by atoms with van der Waals surface area (Å²) in [5.41, 5.74) is 0.980. The van der Waals surface area contributed by atoms with Gasteiger partial charge in [-0.25, -0.2) is 14.2 Å². The topological polar surface area (TPSA) is 80.0 Å². The lowest BCUT2D eigenvalue weighted by atomic mass is 10.1. The van der Waals surface area contributed by atoms with Gasteiger partial charge < -0.3 is 14.7 Å². The third kappa shape index (κ3) is 3.04. The highest BCUT2D eigenvalue weighted by Gasteiger charge is 2.20. The molecule has 7 nitrogen and oxygen atoms in total. The fourth-order valence-electron chi connectivity index (χ4n) is 2.91. The van der Waals surface area contributed by atoms with Crippen LogP contribution in [0.15, 0.2) is 34.8 Å². The van der Waals surface area contributed by atoms with Crippen molar-refractivity contribution in [3.05, 3.63) is 46.3 Å². The number of hydrogen-bond donors (Lipinski definition) is 1. The van der Waals surface area contributed by atoms with Crippen LogP contribution in [0.1, 0.15) is 10.5 Å². The summed E-state index contributed by atoms with van der Waals surface area (Å²) in [6.45, 7) is 2.31. The summed E-state index contributed by atoms with van der Waals surface area (Å²) >= 11 is 3.23. The predicted molar refractivity (Wildman–Crippen MR) is 96.1 cm³/mol. The molecule has 1 aliphatic rings. The van der Waals surface area contributed by atoms with Gasteiger partial charge in [0.2, 0.25) is 0 Å². The zero-order valence-corrected chi connectivity index (χ0v) is 15.1. The Morgan fingerprint density at radius 2 is 2.00 bits per heavy atom. The van der Waals surface area contributed by atoms with Crippen molar-refractivity contribution >= 4 is 33.4 Å². The van der Waals surface area contributed by atoms with Gasteiger partial charge in [-0.05, 0) is 18.2 Å². The van der Waals surface area contributed by atoms with E-state index in [4.69, 9.17) is 4.74 Å². The van der Waals surface area contributed by atoms with Crippen molar-refractivity contribution in [1.29, 1.82) is 0 Å². The Kier molecular flexibility index (Phi) is 4.33. The minimum Gasteiger partial charge on any atom is -0.477 e. The molecule has 4 rings (SSSR count). The number of halogens is 2. The Balaban J connectivity index is 1.89. The minimum absolute atomic E-state index is 0.0817. The maximum Gasteiger partial charge on any atom is 0.354 e. The molecule has 0 bridgehead atoms. The summed E-state index contributed by atoms with van der Waals surface area (Å²) < 4.78 is 21.8. The van der Waals surface area contributed by atoms with Gasteiger partial charge in [-0.3, -0.25) is 0 Å². The van der Waals surface area contributed by atoms with Gasteiger partial charge >= 0.3 is 5.97 Å². The number of benzene rings is 1. The number of ether oxygens (including phenoxy) is 1. The van der Waals surface area contributed by atoms with Gasteiger partial charge in [-0.1, -0.05) is 15.9 Å². The normalized spacial score (nSPS) is 14.8. The van der Waals surface area contributed by atoms with E-state index in [-0.39, 0.29) is 5.69 Å². The van der Waals surface area contributed by atoms with E-state index < -0.39 is 11.8 Å². The number of carboxylic acid groups (broad SMARTS) is 1. The maximum atomic E-state index is 14.3. The molecule has 9 heteroatoms. The quantitative estimate of drug-likeness (QED) is 0.701. The highest BCUT2D eigenvalue weighted by molar-refractivity contribution is 9.10. The summed E-state index contributed by atoms with van der Waals surface area (Å²) in [6.07, 6.45) is 0. The van der Waals surface area contributed by atoms with Crippen LogP contribution < -0.4 is 4.90 Å². The molecule has 134 valence electrons. The third-order valence-corrected chi connectivity index (χ3v) is 4.66. The molecular weight excluding hydrogens is 407 g/mol. The Hall–Kier alpha value is -2.52. The van der Waals surface area contributed by atoms with Crippen LogP contribution in [0.25, 0.3) is 16.9 Å². The van der Waals surface area contributed by atoms with Crippen LogP contribution in [0.5, 0.6) is 0 Å².